The third-order valence-electron chi connectivity index (χ3n) is 2.90. The molecule has 1 aromatic carbocycles. The van der Waals surface area contributed by atoms with Gasteiger partial charge in [-0.25, -0.2) is 0 Å². The highest BCUT2D eigenvalue weighted by atomic mass is 35.5. The lowest BCUT2D eigenvalue weighted by Crippen LogP contribution is -2.18. The zero-order valence-electron chi connectivity index (χ0n) is 11.2. The summed E-state index contributed by atoms with van der Waals surface area (Å²) in [6, 6.07) is 12.0. The summed E-state index contributed by atoms with van der Waals surface area (Å²) in [5.74, 6) is 0. The van der Waals surface area contributed by atoms with Gasteiger partial charge in [-0.1, -0.05) is 23.7 Å². The molecule has 0 aliphatic carbocycles. The van der Waals surface area contributed by atoms with Crippen LogP contribution in [0.5, 0.6) is 0 Å². The SMILES string of the molecule is CNc1ccnc(CN(C)Cc2ccc(Cl)cc2)c1. The van der Waals surface area contributed by atoms with Crippen molar-refractivity contribution in [1.82, 2.24) is 9.88 Å². The molecule has 0 aliphatic rings. The molecule has 0 spiro atoms. The Labute approximate surface area is 119 Å². The molecule has 2 aromatic rings. The highest BCUT2D eigenvalue weighted by Crippen LogP contribution is 2.13. The predicted octanol–water partition coefficient (Wildman–Crippen LogP) is 3.41. The van der Waals surface area contributed by atoms with E-state index in [-0.39, 0.29) is 0 Å². The minimum Gasteiger partial charge on any atom is -0.388 e. The van der Waals surface area contributed by atoms with Gasteiger partial charge < -0.3 is 5.32 Å². The minimum absolute atomic E-state index is 0.773. The van der Waals surface area contributed by atoms with Gasteiger partial charge in [0.05, 0.1) is 5.69 Å². The molecule has 0 fully saturated rings. The molecule has 3 nitrogen and oxygen atoms in total. The van der Waals surface area contributed by atoms with E-state index in [1.54, 1.807) is 0 Å². The van der Waals surface area contributed by atoms with E-state index < -0.39 is 0 Å². The van der Waals surface area contributed by atoms with Crippen LogP contribution in [0.15, 0.2) is 42.6 Å². The first-order valence-electron chi connectivity index (χ1n) is 6.23. The summed E-state index contributed by atoms with van der Waals surface area (Å²) < 4.78 is 0. The van der Waals surface area contributed by atoms with Crippen molar-refractivity contribution in [3.8, 4) is 0 Å². The van der Waals surface area contributed by atoms with Crippen molar-refractivity contribution in [1.29, 1.82) is 0 Å². The maximum absolute atomic E-state index is 5.88. The fraction of sp³-hybridized carbons (Fsp3) is 0.267. The standard InChI is InChI=1S/C15H18ClN3/c1-17-14-7-8-18-15(9-14)11-19(2)10-12-3-5-13(16)6-4-12/h3-9H,10-11H2,1-2H3,(H,17,18). The summed E-state index contributed by atoms with van der Waals surface area (Å²) in [7, 11) is 4.00. The number of nitrogens with zero attached hydrogens (tertiary/aromatic N) is 2. The molecule has 0 atom stereocenters. The molecule has 1 N–H and O–H groups in total. The first kappa shape index (κ1) is 13.8. The molecule has 0 saturated carbocycles. The van der Waals surface area contributed by atoms with Crippen LogP contribution >= 0.6 is 11.6 Å². The molecule has 0 bridgehead atoms. The first-order valence-corrected chi connectivity index (χ1v) is 6.61. The molecule has 0 aliphatic heterocycles. The van der Waals surface area contributed by atoms with Crippen LogP contribution in [0, 0.1) is 0 Å². The van der Waals surface area contributed by atoms with Gasteiger partial charge >= 0.3 is 0 Å². The highest BCUT2D eigenvalue weighted by molar-refractivity contribution is 6.30. The van der Waals surface area contributed by atoms with E-state index in [9.17, 15) is 0 Å². The third-order valence-corrected chi connectivity index (χ3v) is 3.15. The van der Waals surface area contributed by atoms with Crippen molar-refractivity contribution in [3.63, 3.8) is 0 Å². The fourth-order valence-electron chi connectivity index (χ4n) is 1.95. The molecule has 2 rings (SSSR count). The number of nitrogens with one attached hydrogen (secondary N) is 1. The number of halogens is 1. The molecular weight excluding hydrogens is 258 g/mol. The van der Waals surface area contributed by atoms with Crippen molar-refractivity contribution >= 4 is 17.3 Å². The van der Waals surface area contributed by atoms with Crippen LogP contribution < -0.4 is 5.32 Å². The van der Waals surface area contributed by atoms with E-state index in [4.69, 9.17) is 11.6 Å². The summed E-state index contributed by atoms with van der Waals surface area (Å²) in [5, 5.41) is 3.90. The Balaban J connectivity index is 1.96. The van der Waals surface area contributed by atoms with Crippen LogP contribution in [0.25, 0.3) is 0 Å². The van der Waals surface area contributed by atoms with Crippen LogP contribution in [-0.4, -0.2) is 24.0 Å². The quantitative estimate of drug-likeness (QED) is 0.906. The minimum atomic E-state index is 0.773. The summed E-state index contributed by atoms with van der Waals surface area (Å²) in [6.07, 6.45) is 1.83. The number of pyridine rings is 1. The van der Waals surface area contributed by atoms with Gasteiger partial charge in [0.2, 0.25) is 0 Å². The second kappa shape index (κ2) is 6.55. The lowest BCUT2D eigenvalue weighted by Gasteiger charge is -2.16. The maximum Gasteiger partial charge on any atom is 0.0564 e. The Morgan fingerprint density at radius 3 is 2.58 bits per heavy atom. The molecule has 0 radical (unpaired) electrons. The average Bonchev–Trinajstić information content (AvgIpc) is 2.41. The van der Waals surface area contributed by atoms with Gasteiger partial charge in [0, 0.05) is 37.0 Å². The molecule has 1 aromatic heterocycles. The number of aromatic nitrogens is 1. The predicted molar refractivity (Wildman–Crippen MR) is 80.4 cm³/mol. The summed E-state index contributed by atoms with van der Waals surface area (Å²) in [5.41, 5.74) is 3.39. The second-order valence-electron chi connectivity index (χ2n) is 4.58. The van der Waals surface area contributed by atoms with Crippen LogP contribution in [0.4, 0.5) is 5.69 Å². The maximum atomic E-state index is 5.88. The van der Waals surface area contributed by atoms with Crippen LogP contribution in [-0.2, 0) is 13.1 Å². The van der Waals surface area contributed by atoms with E-state index in [2.05, 4.69) is 40.4 Å². The van der Waals surface area contributed by atoms with E-state index in [1.165, 1.54) is 5.56 Å². The molecule has 0 amide bonds. The van der Waals surface area contributed by atoms with Crippen molar-refractivity contribution in [2.45, 2.75) is 13.1 Å². The monoisotopic (exact) mass is 275 g/mol. The average molecular weight is 276 g/mol. The lowest BCUT2D eigenvalue weighted by molar-refractivity contribution is 0.315. The fourth-order valence-corrected chi connectivity index (χ4v) is 2.08. The number of anilines is 1. The zero-order valence-corrected chi connectivity index (χ0v) is 12.0. The molecule has 19 heavy (non-hydrogen) atoms. The summed E-state index contributed by atoms with van der Waals surface area (Å²) >= 11 is 5.88. The number of rotatable bonds is 5. The van der Waals surface area contributed by atoms with Crippen LogP contribution in [0.2, 0.25) is 5.02 Å². The van der Waals surface area contributed by atoms with Crippen molar-refractivity contribution in [2.75, 3.05) is 19.4 Å². The largest absolute Gasteiger partial charge is 0.388 e. The highest BCUT2D eigenvalue weighted by Gasteiger charge is 2.03. The van der Waals surface area contributed by atoms with Crippen molar-refractivity contribution in [2.24, 2.45) is 0 Å². The van der Waals surface area contributed by atoms with Gasteiger partial charge in [0.25, 0.3) is 0 Å². The molecule has 1 heterocycles. The topological polar surface area (TPSA) is 28.2 Å². The van der Waals surface area contributed by atoms with Gasteiger partial charge in [-0.15, -0.1) is 0 Å². The Morgan fingerprint density at radius 2 is 1.89 bits per heavy atom. The third kappa shape index (κ3) is 4.23. The smallest absolute Gasteiger partial charge is 0.0564 e. The number of hydrogen-bond acceptors (Lipinski definition) is 3. The summed E-state index contributed by atoms with van der Waals surface area (Å²) in [4.78, 5) is 6.61. The molecule has 100 valence electrons. The van der Waals surface area contributed by atoms with Crippen LogP contribution in [0.3, 0.4) is 0 Å². The Morgan fingerprint density at radius 1 is 1.16 bits per heavy atom. The van der Waals surface area contributed by atoms with Gasteiger partial charge in [0.1, 0.15) is 0 Å². The summed E-state index contributed by atoms with van der Waals surface area (Å²) in [6.45, 7) is 1.70. The first-order chi connectivity index (χ1) is 9.17. The van der Waals surface area contributed by atoms with Gasteiger partial charge in [-0.3, -0.25) is 9.88 Å². The van der Waals surface area contributed by atoms with Crippen LogP contribution in [0.1, 0.15) is 11.3 Å². The van der Waals surface area contributed by atoms with Gasteiger partial charge in [-0.2, -0.15) is 0 Å². The number of benzene rings is 1. The van der Waals surface area contributed by atoms with Crippen molar-refractivity contribution < 1.29 is 0 Å². The molecule has 4 heteroatoms. The van der Waals surface area contributed by atoms with E-state index in [1.807, 2.05) is 31.4 Å². The Kier molecular flexibility index (Phi) is 4.77. The Hall–Kier alpha value is -1.58. The molecule has 0 saturated heterocycles. The van der Waals surface area contributed by atoms with E-state index in [0.717, 1.165) is 29.5 Å². The van der Waals surface area contributed by atoms with E-state index >= 15 is 0 Å². The zero-order chi connectivity index (χ0) is 13.7. The van der Waals surface area contributed by atoms with E-state index in [0.29, 0.717) is 0 Å². The van der Waals surface area contributed by atoms with Crippen molar-refractivity contribution in [3.05, 3.63) is 58.9 Å². The number of hydrogen-bond donors (Lipinski definition) is 1. The van der Waals surface area contributed by atoms with Gasteiger partial charge in [0.15, 0.2) is 0 Å². The molecular formula is C15H18ClN3. The van der Waals surface area contributed by atoms with Gasteiger partial charge in [-0.05, 0) is 36.9 Å². The normalized spacial score (nSPS) is 10.7. The Bertz CT molecular complexity index is 525. The lowest BCUT2D eigenvalue weighted by atomic mass is 10.2. The molecule has 0 unspecified atom stereocenters. The second-order valence-corrected chi connectivity index (χ2v) is 5.02.